The Morgan fingerprint density at radius 2 is 1.90 bits per heavy atom. The molecular formula is C24H38N4O2. The van der Waals surface area contributed by atoms with Gasteiger partial charge in [-0.25, -0.2) is 0 Å². The molecule has 0 radical (unpaired) electrons. The van der Waals surface area contributed by atoms with E-state index in [2.05, 4.69) is 55.3 Å². The monoisotopic (exact) mass is 414 g/mol. The van der Waals surface area contributed by atoms with E-state index in [0.29, 0.717) is 12.5 Å². The highest BCUT2D eigenvalue weighted by Gasteiger charge is 2.42. The molecule has 166 valence electrons. The summed E-state index contributed by atoms with van der Waals surface area (Å²) in [5.41, 5.74) is 2.54. The highest BCUT2D eigenvalue weighted by Crippen LogP contribution is 2.26. The van der Waals surface area contributed by atoms with Crippen LogP contribution in [0.5, 0.6) is 0 Å². The fraction of sp³-hybridized carbons (Fsp3) is 0.667. The minimum Gasteiger partial charge on any atom is -0.340 e. The first-order valence-corrected chi connectivity index (χ1v) is 11.4. The summed E-state index contributed by atoms with van der Waals surface area (Å²) >= 11 is 0. The maximum atomic E-state index is 13.3. The standard InChI is InChI=1S/C24H38N4O2/c1-18(2)15-27(16-21-8-6-19(3)7-9-21)22-14-23(28(17-22)20(4)29)24(30)26-12-5-10-25-11-13-26/h6-9,18,22-23,25H,5,10-17H2,1-4H3. The summed E-state index contributed by atoms with van der Waals surface area (Å²) in [4.78, 5) is 32.0. The molecule has 30 heavy (non-hydrogen) atoms. The van der Waals surface area contributed by atoms with E-state index in [4.69, 9.17) is 0 Å². The van der Waals surface area contributed by atoms with E-state index in [-0.39, 0.29) is 23.9 Å². The second-order valence-electron chi connectivity index (χ2n) is 9.31. The predicted octanol–water partition coefficient (Wildman–Crippen LogP) is 2.26. The van der Waals surface area contributed by atoms with Crippen LogP contribution in [0.15, 0.2) is 24.3 Å². The Morgan fingerprint density at radius 1 is 1.17 bits per heavy atom. The first-order valence-electron chi connectivity index (χ1n) is 11.4. The molecule has 0 bridgehead atoms. The van der Waals surface area contributed by atoms with Crippen molar-refractivity contribution in [1.82, 2.24) is 20.0 Å². The third-order valence-electron chi connectivity index (χ3n) is 6.24. The Morgan fingerprint density at radius 3 is 2.57 bits per heavy atom. The molecule has 0 aromatic heterocycles. The number of carbonyl (C=O) groups is 2. The van der Waals surface area contributed by atoms with Crippen molar-refractivity contribution >= 4 is 11.8 Å². The molecule has 0 spiro atoms. The van der Waals surface area contributed by atoms with Crippen LogP contribution in [0.4, 0.5) is 0 Å². The highest BCUT2D eigenvalue weighted by atomic mass is 16.2. The summed E-state index contributed by atoms with van der Waals surface area (Å²) < 4.78 is 0. The van der Waals surface area contributed by atoms with Crippen LogP contribution in [0.25, 0.3) is 0 Å². The molecule has 6 heteroatoms. The van der Waals surface area contributed by atoms with Gasteiger partial charge in [0.25, 0.3) is 0 Å². The summed E-state index contributed by atoms with van der Waals surface area (Å²) in [6.07, 6.45) is 1.69. The molecule has 1 N–H and O–H groups in total. The number of nitrogens with zero attached hydrogens (tertiary/aromatic N) is 3. The lowest BCUT2D eigenvalue weighted by molar-refractivity contribution is -0.142. The van der Waals surface area contributed by atoms with Crippen molar-refractivity contribution < 1.29 is 9.59 Å². The summed E-state index contributed by atoms with van der Waals surface area (Å²) in [6.45, 7) is 13.9. The van der Waals surface area contributed by atoms with E-state index in [1.54, 1.807) is 6.92 Å². The van der Waals surface area contributed by atoms with Gasteiger partial charge in [0, 0.05) is 52.2 Å². The van der Waals surface area contributed by atoms with Crippen LogP contribution in [0.3, 0.4) is 0 Å². The summed E-state index contributed by atoms with van der Waals surface area (Å²) in [5.74, 6) is 0.646. The Bertz CT molecular complexity index is 710. The SMILES string of the molecule is CC(=O)N1CC(N(Cc2ccc(C)cc2)CC(C)C)CC1C(=O)N1CCCNCC1. The maximum absolute atomic E-state index is 13.3. The molecule has 0 saturated carbocycles. The number of carbonyl (C=O) groups excluding carboxylic acids is 2. The Labute approximate surface area is 181 Å². The Kier molecular flexibility index (Phi) is 7.89. The fourth-order valence-electron chi connectivity index (χ4n) is 4.68. The first kappa shape index (κ1) is 22.8. The molecular weight excluding hydrogens is 376 g/mol. The predicted molar refractivity (Wildman–Crippen MR) is 120 cm³/mol. The number of hydrogen-bond donors (Lipinski definition) is 1. The van der Waals surface area contributed by atoms with Gasteiger partial charge < -0.3 is 15.1 Å². The van der Waals surface area contributed by atoms with Gasteiger partial charge in [0.2, 0.25) is 11.8 Å². The van der Waals surface area contributed by atoms with Crippen LogP contribution >= 0.6 is 0 Å². The lowest BCUT2D eigenvalue weighted by Crippen LogP contribution is -2.48. The smallest absolute Gasteiger partial charge is 0.245 e. The van der Waals surface area contributed by atoms with Gasteiger partial charge in [-0.3, -0.25) is 14.5 Å². The second-order valence-corrected chi connectivity index (χ2v) is 9.31. The number of rotatable bonds is 6. The third-order valence-corrected chi connectivity index (χ3v) is 6.24. The summed E-state index contributed by atoms with van der Waals surface area (Å²) in [7, 11) is 0. The Balaban J connectivity index is 1.76. The van der Waals surface area contributed by atoms with Crippen molar-refractivity contribution in [2.45, 2.75) is 59.2 Å². The van der Waals surface area contributed by atoms with Crippen molar-refractivity contribution in [3.8, 4) is 0 Å². The molecule has 2 amide bonds. The molecule has 3 rings (SSSR count). The van der Waals surface area contributed by atoms with Gasteiger partial charge in [-0.2, -0.15) is 0 Å². The van der Waals surface area contributed by atoms with Crippen LogP contribution in [0, 0.1) is 12.8 Å². The quantitative estimate of drug-likeness (QED) is 0.776. The molecule has 6 nitrogen and oxygen atoms in total. The minimum atomic E-state index is -0.335. The number of amides is 2. The van der Waals surface area contributed by atoms with Crippen molar-refractivity contribution in [3.63, 3.8) is 0 Å². The molecule has 1 aromatic rings. The van der Waals surface area contributed by atoms with Gasteiger partial charge in [-0.15, -0.1) is 0 Å². The van der Waals surface area contributed by atoms with E-state index >= 15 is 0 Å². The van der Waals surface area contributed by atoms with Gasteiger partial charge in [-0.05, 0) is 37.8 Å². The van der Waals surface area contributed by atoms with Crippen molar-refractivity contribution in [2.24, 2.45) is 5.92 Å². The molecule has 2 unspecified atom stereocenters. The molecule has 2 saturated heterocycles. The van der Waals surface area contributed by atoms with Gasteiger partial charge in [0.05, 0.1) is 0 Å². The number of benzene rings is 1. The van der Waals surface area contributed by atoms with Crippen molar-refractivity contribution in [3.05, 3.63) is 35.4 Å². The molecule has 2 heterocycles. The van der Waals surface area contributed by atoms with E-state index in [9.17, 15) is 9.59 Å². The van der Waals surface area contributed by atoms with Gasteiger partial charge in [0.1, 0.15) is 6.04 Å². The Hall–Kier alpha value is -1.92. The largest absolute Gasteiger partial charge is 0.340 e. The third kappa shape index (κ3) is 5.82. The van der Waals surface area contributed by atoms with Crippen LogP contribution in [0.2, 0.25) is 0 Å². The number of aryl methyl sites for hydroxylation is 1. The molecule has 2 atom stereocenters. The summed E-state index contributed by atoms with van der Waals surface area (Å²) in [6, 6.07) is 8.55. The van der Waals surface area contributed by atoms with Gasteiger partial charge in [0.15, 0.2) is 0 Å². The van der Waals surface area contributed by atoms with Crippen LogP contribution in [-0.4, -0.2) is 77.9 Å². The molecule has 1 aromatic carbocycles. The summed E-state index contributed by atoms with van der Waals surface area (Å²) in [5, 5.41) is 3.35. The van der Waals surface area contributed by atoms with Gasteiger partial charge in [-0.1, -0.05) is 43.7 Å². The normalized spacial score (nSPS) is 22.6. The second kappa shape index (κ2) is 10.4. The number of nitrogens with one attached hydrogen (secondary N) is 1. The molecule has 2 fully saturated rings. The molecule has 2 aliphatic heterocycles. The molecule has 2 aliphatic rings. The zero-order valence-electron chi connectivity index (χ0n) is 19.1. The topological polar surface area (TPSA) is 55.9 Å². The zero-order valence-corrected chi connectivity index (χ0v) is 19.1. The van der Waals surface area contributed by atoms with Crippen LogP contribution in [-0.2, 0) is 16.1 Å². The highest BCUT2D eigenvalue weighted by molar-refractivity contribution is 5.87. The van der Waals surface area contributed by atoms with E-state index in [1.165, 1.54) is 11.1 Å². The first-order chi connectivity index (χ1) is 14.3. The van der Waals surface area contributed by atoms with Crippen LogP contribution in [0.1, 0.15) is 44.7 Å². The van der Waals surface area contributed by atoms with E-state index in [1.807, 2.05) is 9.80 Å². The average molecular weight is 415 g/mol. The lowest BCUT2D eigenvalue weighted by Gasteiger charge is -2.30. The number of hydrogen-bond acceptors (Lipinski definition) is 4. The van der Waals surface area contributed by atoms with E-state index < -0.39 is 0 Å². The van der Waals surface area contributed by atoms with Crippen molar-refractivity contribution in [1.29, 1.82) is 0 Å². The van der Waals surface area contributed by atoms with Crippen molar-refractivity contribution in [2.75, 3.05) is 39.3 Å². The zero-order chi connectivity index (χ0) is 21.7. The maximum Gasteiger partial charge on any atom is 0.245 e. The lowest BCUT2D eigenvalue weighted by atomic mass is 10.1. The van der Waals surface area contributed by atoms with E-state index in [0.717, 1.165) is 52.1 Å². The molecule has 0 aliphatic carbocycles. The van der Waals surface area contributed by atoms with Crippen LogP contribution < -0.4 is 5.32 Å². The minimum absolute atomic E-state index is 0.00336. The average Bonchev–Trinajstić information content (AvgIpc) is 2.97. The van der Waals surface area contributed by atoms with Gasteiger partial charge >= 0.3 is 0 Å². The fourth-order valence-corrected chi connectivity index (χ4v) is 4.68. The number of likely N-dealkylation sites (tertiary alicyclic amines) is 1.